The molecule has 6 heteroatoms. The number of nitrogens with one attached hydrogen (secondary N) is 1. The number of hydrogen-bond donors (Lipinski definition) is 2. The topological polar surface area (TPSA) is 82.6 Å². The number of aromatic nitrogens is 1. The Morgan fingerprint density at radius 3 is 2.73 bits per heavy atom. The highest BCUT2D eigenvalue weighted by atomic mass is 16.5. The van der Waals surface area contributed by atoms with Crippen LogP contribution in [0.25, 0.3) is 16.7 Å². The molecule has 1 aliphatic carbocycles. The van der Waals surface area contributed by atoms with E-state index >= 15 is 0 Å². The van der Waals surface area contributed by atoms with Crippen molar-refractivity contribution in [1.29, 1.82) is 0 Å². The van der Waals surface area contributed by atoms with Gasteiger partial charge in [-0.15, -0.1) is 0 Å². The molecular weight excluding hydrogens is 416 g/mol. The standard InChI is InChI=1S/C27H26N2O4/c30-25(17-10-11-22-16(14-17)12-13-33-22)23-24(20-15-28-21-9-5-4-8-19(20)21)29(27(32)26(23)31)18-6-2-1-3-7-18/h4-5,8-11,14-15,18,24,28,30H,1-3,6-7,12-13H2/b25-23+. The second-order valence-electron chi connectivity index (χ2n) is 9.21. The highest BCUT2D eigenvalue weighted by Crippen LogP contribution is 2.45. The summed E-state index contributed by atoms with van der Waals surface area (Å²) in [5.74, 6) is -0.424. The van der Waals surface area contributed by atoms with Crippen LogP contribution in [0.1, 0.15) is 54.8 Å². The average molecular weight is 443 g/mol. The van der Waals surface area contributed by atoms with E-state index in [0.717, 1.165) is 66.3 Å². The first-order chi connectivity index (χ1) is 16.1. The number of carbonyl (C=O) groups is 2. The number of aliphatic hydroxyl groups excluding tert-OH is 1. The molecule has 1 aromatic heterocycles. The van der Waals surface area contributed by atoms with Gasteiger partial charge in [0.05, 0.1) is 18.2 Å². The maximum absolute atomic E-state index is 13.4. The van der Waals surface area contributed by atoms with E-state index in [1.807, 2.05) is 42.6 Å². The maximum atomic E-state index is 13.4. The first-order valence-corrected chi connectivity index (χ1v) is 11.8. The molecule has 3 heterocycles. The van der Waals surface area contributed by atoms with Gasteiger partial charge in [-0.1, -0.05) is 37.5 Å². The Morgan fingerprint density at radius 2 is 1.88 bits per heavy atom. The number of likely N-dealkylation sites (tertiary alicyclic amines) is 1. The van der Waals surface area contributed by atoms with Crippen molar-refractivity contribution in [3.63, 3.8) is 0 Å². The number of ether oxygens (including phenoxy) is 1. The number of para-hydroxylation sites is 1. The van der Waals surface area contributed by atoms with E-state index < -0.39 is 17.7 Å². The van der Waals surface area contributed by atoms with Crippen molar-refractivity contribution in [2.45, 2.75) is 50.6 Å². The fourth-order valence-corrected chi connectivity index (χ4v) is 5.70. The van der Waals surface area contributed by atoms with Gasteiger partial charge < -0.3 is 19.7 Å². The Morgan fingerprint density at radius 1 is 1.06 bits per heavy atom. The van der Waals surface area contributed by atoms with Crippen molar-refractivity contribution in [2.24, 2.45) is 0 Å². The molecule has 2 N–H and O–H groups in total. The highest BCUT2D eigenvalue weighted by Gasteiger charge is 2.49. The van der Waals surface area contributed by atoms with Crippen molar-refractivity contribution in [1.82, 2.24) is 9.88 Å². The van der Waals surface area contributed by atoms with Crippen LogP contribution in [0.5, 0.6) is 5.75 Å². The van der Waals surface area contributed by atoms with Gasteiger partial charge in [-0.05, 0) is 42.7 Å². The van der Waals surface area contributed by atoms with Crippen LogP contribution < -0.4 is 4.74 Å². The van der Waals surface area contributed by atoms with Gasteiger partial charge in [-0.25, -0.2) is 0 Å². The van der Waals surface area contributed by atoms with Crippen LogP contribution in [-0.2, 0) is 16.0 Å². The fraction of sp³-hybridized carbons (Fsp3) is 0.333. The zero-order chi connectivity index (χ0) is 22.5. The number of amides is 1. The van der Waals surface area contributed by atoms with Crippen molar-refractivity contribution in [2.75, 3.05) is 6.61 Å². The minimum atomic E-state index is -0.617. The van der Waals surface area contributed by atoms with E-state index in [0.29, 0.717) is 12.2 Å². The summed E-state index contributed by atoms with van der Waals surface area (Å²) >= 11 is 0. The number of carbonyl (C=O) groups excluding carboxylic acids is 2. The highest BCUT2D eigenvalue weighted by molar-refractivity contribution is 6.46. The van der Waals surface area contributed by atoms with E-state index in [1.54, 1.807) is 11.0 Å². The van der Waals surface area contributed by atoms with Crippen LogP contribution in [0.4, 0.5) is 0 Å². The minimum absolute atomic E-state index is 0.00687. The molecule has 1 unspecified atom stereocenters. The summed E-state index contributed by atoms with van der Waals surface area (Å²) in [7, 11) is 0. The molecule has 2 fully saturated rings. The minimum Gasteiger partial charge on any atom is -0.507 e. The van der Waals surface area contributed by atoms with E-state index in [4.69, 9.17) is 4.74 Å². The number of Topliss-reactive ketones (excluding diaryl/α,β-unsaturated/α-hetero) is 1. The summed E-state index contributed by atoms with van der Waals surface area (Å²) in [6.07, 6.45) is 7.62. The third-order valence-electron chi connectivity index (χ3n) is 7.33. The van der Waals surface area contributed by atoms with Gasteiger partial charge in [-0.3, -0.25) is 9.59 Å². The lowest BCUT2D eigenvalue weighted by Gasteiger charge is -2.35. The fourth-order valence-electron chi connectivity index (χ4n) is 5.70. The smallest absolute Gasteiger partial charge is 0.295 e. The van der Waals surface area contributed by atoms with Crippen LogP contribution in [0, 0.1) is 0 Å². The molecule has 0 radical (unpaired) electrons. The molecule has 6 rings (SSSR count). The second-order valence-corrected chi connectivity index (χ2v) is 9.21. The first kappa shape index (κ1) is 20.1. The first-order valence-electron chi connectivity index (χ1n) is 11.8. The Balaban J connectivity index is 1.54. The van der Waals surface area contributed by atoms with Crippen molar-refractivity contribution < 1.29 is 19.4 Å². The largest absolute Gasteiger partial charge is 0.507 e. The van der Waals surface area contributed by atoms with Crippen LogP contribution in [0.2, 0.25) is 0 Å². The monoisotopic (exact) mass is 442 g/mol. The quantitative estimate of drug-likeness (QED) is 0.345. The number of hydrogen-bond acceptors (Lipinski definition) is 4. The molecule has 3 aromatic rings. The van der Waals surface area contributed by atoms with Crippen molar-refractivity contribution in [3.8, 4) is 5.75 Å². The average Bonchev–Trinajstić information content (AvgIpc) is 3.55. The Labute approximate surface area is 191 Å². The van der Waals surface area contributed by atoms with Gasteiger partial charge in [0.15, 0.2) is 0 Å². The summed E-state index contributed by atoms with van der Waals surface area (Å²) in [4.78, 5) is 31.8. The van der Waals surface area contributed by atoms with Crippen molar-refractivity contribution >= 4 is 28.4 Å². The molecular formula is C27H26N2O4. The molecule has 2 aliphatic heterocycles. The lowest BCUT2D eigenvalue weighted by atomic mass is 9.90. The molecule has 1 saturated heterocycles. The summed E-state index contributed by atoms with van der Waals surface area (Å²) < 4.78 is 5.59. The summed E-state index contributed by atoms with van der Waals surface area (Å²) in [6, 6.07) is 12.7. The van der Waals surface area contributed by atoms with Gasteiger partial charge in [0.1, 0.15) is 11.5 Å². The second kappa shape index (κ2) is 7.80. The van der Waals surface area contributed by atoms with Gasteiger partial charge in [0.25, 0.3) is 11.7 Å². The van der Waals surface area contributed by atoms with Gasteiger partial charge in [0, 0.05) is 40.7 Å². The number of benzene rings is 2. The molecule has 0 spiro atoms. The molecule has 168 valence electrons. The van der Waals surface area contributed by atoms with Crippen LogP contribution in [0.3, 0.4) is 0 Å². The molecule has 1 saturated carbocycles. The van der Waals surface area contributed by atoms with E-state index in [-0.39, 0.29) is 17.4 Å². The number of H-pyrrole nitrogens is 1. The molecule has 3 aliphatic rings. The van der Waals surface area contributed by atoms with Gasteiger partial charge >= 0.3 is 0 Å². The van der Waals surface area contributed by atoms with Crippen LogP contribution >= 0.6 is 0 Å². The zero-order valence-electron chi connectivity index (χ0n) is 18.3. The Kier molecular flexibility index (Phi) is 4.75. The van der Waals surface area contributed by atoms with E-state index in [1.165, 1.54) is 0 Å². The summed E-state index contributed by atoms with van der Waals surface area (Å²) in [6.45, 7) is 0.612. The molecule has 1 atom stereocenters. The molecule has 2 aromatic carbocycles. The van der Waals surface area contributed by atoms with Crippen molar-refractivity contribution in [3.05, 3.63) is 70.9 Å². The van der Waals surface area contributed by atoms with Crippen LogP contribution in [-0.4, -0.2) is 39.3 Å². The van der Waals surface area contributed by atoms with Crippen LogP contribution in [0.15, 0.2) is 54.2 Å². The lowest BCUT2D eigenvalue weighted by molar-refractivity contribution is -0.141. The molecule has 1 amide bonds. The predicted molar refractivity (Wildman–Crippen MR) is 125 cm³/mol. The number of fused-ring (bicyclic) bond motifs is 2. The zero-order valence-corrected chi connectivity index (χ0v) is 18.3. The van der Waals surface area contributed by atoms with Gasteiger partial charge in [0.2, 0.25) is 0 Å². The maximum Gasteiger partial charge on any atom is 0.295 e. The normalized spacial score (nSPS) is 22.7. The predicted octanol–water partition coefficient (Wildman–Crippen LogP) is 4.86. The lowest BCUT2D eigenvalue weighted by Crippen LogP contribution is -2.40. The summed E-state index contributed by atoms with van der Waals surface area (Å²) in [5.41, 5.74) is 3.52. The number of aliphatic hydroxyl groups is 1. The number of aromatic amines is 1. The number of nitrogens with zero attached hydrogens (tertiary/aromatic N) is 1. The molecule has 0 bridgehead atoms. The number of ketones is 1. The summed E-state index contributed by atoms with van der Waals surface area (Å²) in [5, 5.41) is 12.4. The third-order valence-corrected chi connectivity index (χ3v) is 7.33. The van der Waals surface area contributed by atoms with E-state index in [9.17, 15) is 14.7 Å². The molecule has 6 nitrogen and oxygen atoms in total. The number of rotatable bonds is 3. The Bertz CT molecular complexity index is 1300. The SMILES string of the molecule is O=C1C(=O)N(C2CCCCC2)C(c2c[nH]c3ccccc23)/C1=C(\O)c1ccc2c(c1)CCO2. The third kappa shape index (κ3) is 3.16. The van der Waals surface area contributed by atoms with E-state index in [2.05, 4.69) is 4.98 Å². The molecule has 33 heavy (non-hydrogen) atoms. The van der Waals surface area contributed by atoms with Gasteiger partial charge in [-0.2, -0.15) is 0 Å². The Hall–Kier alpha value is -3.54.